The molecule has 1 aromatic heterocycles. The number of para-hydroxylation sites is 2. The summed E-state index contributed by atoms with van der Waals surface area (Å²) in [6, 6.07) is 48.5. The molecule has 58 heavy (non-hydrogen) atoms. The first-order valence-corrected chi connectivity index (χ1v) is 21.1. The monoisotopic (exact) mass is 750 g/mol. The van der Waals surface area contributed by atoms with Crippen LogP contribution in [0, 0.1) is 0 Å². The van der Waals surface area contributed by atoms with Crippen molar-refractivity contribution in [2.45, 2.75) is 57.4 Å². The largest absolute Gasteiger partial charge is 0.340 e. The fraction of sp³-hybridized carbons (Fsp3) is 0.167. The van der Waals surface area contributed by atoms with Gasteiger partial charge >= 0.3 is 0 Å². The van der Waals surface area contributed by atoms with Gasteiger partial charge < -0.3 is 14.8 Å². The minimum atomic E-state index is -0.0213. The highest BCUT2D eigenvalue weighted by atomic mass is 15.2. The van der Waals surface area contributed by atoms with Crippen molar-refractivity contribution in [3.63, 3.8) is 0 Å². The molecule has 0 saturated heterocycles. The zero-order valence-electron chi connectivity index (χ0n) is 32.7. The normalized spacial score (nSPS) is 18.2. The van der Waals surface area contributed by atoms with Gasteiger partial charge in [0.1, 0.15) is 5.84 Å². The van der Waals surface area contributed by atoms with Gasteiger partial charge in [-0.1, -0.05) is 133 Å². The second kappa shape index (κ2) is 14.7. The van der Waals surface area contributed by atoms with E-state index in [-0.39, 0.29) is 6.04 Å². The molecule has 5 aliphatic rings. The molecule has 1 atom stereocenters. The Bertz CT molecular complexity index is 2680. The van der Waals surface area contributed by atoms with Gasteiger partial charge in [-0.05, 0) is 116 Å². The van der Waals surface area contributed by atoms with Crippen LogP contribution < -0.4 is 10.2 Å². The Labute approximate surface area is 341 Å². The van der Waals surface area contributed by atoms with Crippen molar-refractivity contribution in [3.8, 4) is 22.4 Å². The van der Waals surface area contributed by atoms with Gasteiger partial charge in [-0.2, -0.15) is 0 Å². The maximum absolute atomic E-state index is 5.24. The second-order valence-electron chi connectivity index (χ2n) is 16.0. The molecule has 4 heteroatoms. The SMILES string of the molecule is C1=Cc2c(c3c(n2C2=CCCCC2)-c2ccccc2N(c2ccc(C4=CC=C(C5C=C(c6ccccc6)NC(c6ccccc6)=N5)CC4)cc2)c2ccccc2-3)CC1. The van der Waals surface area contributed by atoms with E-state index in [4.69, 9.17) is 4.99 Å². The number of aliphatic imine (C=N–C) groups is 1. The average molecular weight is 751 g/mol. The zero-order chi connectivity index (χ0) is 38.4. The molecule has 0 radical (unpaired) electrons. The second-order valence-corrected chi connectivity index (χ2v) is 16.0. The van der Waals surface area contributed by atoms with Crippen molar-refractivity contribution < 1.29 is 0 Å². The highest BCUT2D eigenvalue weighted by Crippen LogP contribution is 2.55. The summed E-state index contributed by atoms with van der Waals surface area (Å²) < 4.78 is 2.63. The average Bonchev–Trinajstić information content (AvgIpc) is 3.59. The number of nitrogens with zero attached hydrogens (tertiary/aromatic N) is 3. The number of benzene rings is 5. The van der Waals surface area contributed by atoms with E-state index in [0.717, 1.165) is 55.6 Å². The predicted molar refractivity (Wildman–Crippen MR) is 243 cm³/mol. The van der Waals surface area contributed by atoms with E-state index in [0.29, 0.717) is 0 Å². The summed E-state index contributed by atoms with van der Waals surface area (Å²) in [7, 11) is 0. The van der Waals surface area contributed by atoms with Gasteiger partial charge in [-0.3, -0.25) is 4.99 Å². The van der Waals surface area contributed by atoms with Crippen LogP contribution in [-0.2, 0) is 6.42 Å². The first-order chi connectivity index (χ1) is 28.8. The van der Waals surface area contributed by atoms with Crippen molar-refractivity contribution in [1.82, 2.24) is 9.88 Å². The predicted octanol–water partition coefficient (Wildman–Crippen LogP) is 13.5. The number of allylic oxidation sites excluding steroid dienone is 6. The Morgan fingerprint density at radius 1 is 0.603 bits per heavy atom. The lowest BCUT2D eigenvalue weighted by atomic mass is 9.89. The molecule has 5 aromatic carbocycles. The fourth-order valence-electron chi connectivity index (χ4n) is 9.73. The van der Waals surface area contributed by atoms with Gasteiger partial charge in [-0.15, -0.1) is 0 Å². The quantitative estimate of drug-likeness (QED) is 0.184. The van der Waals surface area contributed by atoms with Crippen molar-refractivity contribution in [3.05, 3.63) is 197 Å². The number of rotatable bonds is 6. The lowest BCUT2D eigenvalue weighted by Gasteiger charge is -2.28. The molecule has 0 fully saturated rings. The van der Waals surface area contributed by atoms with Gasteiger partial charge in [0, 0.05) is 45.0 Å². The number of anilines is 3. The third kappa shape index (κ3) is 6.03. The molecule has 0 bridgehead atoms. The van der Waals surface area contributed by atoms with Crippen LogP contribution in [0.15, 0.2) is 174 Å². The van der Waals surface area contributed by atoms with Crippen molar-refractivity contribution in [1.29, 1.82) is 0 Å². The lowest BCUT2D eigenvalue weighted by Crippen LogP contribution is -2.30. The van der Waals surface area contributed by atoms with E-state index in [1.807, 2.05) is 0 Å². The number of aromatic nitrogens is 1. The van der Waals surface area contributed by atoms with E-state index in [2.05, 4.69) is 185 Å². The first kappa shape index (κ1) is 34.6. The molecule has 6 aromatic rings. The molecule has 2 aliphatic heterocycles. The van der Waals surface area contributed by atoms with Crippen LogP contribution in [0.5, 0.6) is 0 Å². The summed E-state index contributed by atoms with van der Waals surface area (Å²) in [5.41, 5.74) is 20.7. The van der Waals surface area contributed by atoms with E-state index >= 15 is 0 Å². The maximum atomic E-state index is 5.24. The van der Waals surface area contributed by atoms with Gasteiger partial charge in [0.05, 0.1) is 23.1 Å². The van der Waals surface area contributed by atoms with Gasteiger partial charge in [-0.25, -0.2) is 0 Å². The Morgan fingerprint density at radius 3 is 2.07 bits per heavy atom. The first-order valence-electron chi connectivity index (χ1n) is 21.1. The van der Waals surface area contributed by atoms with E-state index < -0.39 is 0 Å². The smallest absolute Gasteiger partial charge is 0.133 e. The molecular weight excluding hydrogens is 705 g/mol. The summed E-state index contributed by atoms with van der Waals surface area (Å²) in [5, 5.41) is 3.63. The molecule has 0 amide bonds. The number of nitrogens with one attached hydrogen (secondary N) is 1. The minimum absolute atomic E-state index is 0.0213. The van der Waals surface area contributed by atoms with Crippen LogP contribution in [0.25, 0.3) is 45.4 Å². The van der Waals surface area contributed by atoms with Crippen LogP contribution in [0.1, 0.15) is 72.9 Å². The summed E-state index contributed by atoms with van der Waals surface area (Å²) in [6.45, 7) is 0. The summed E-state index contributed by atoms with van der Waals surface area (Å²) in [5.74, 6) is 0.918. The van der Waals surface area contributed by atoms with Crippen molar-refractivity contribution in [2.24, 2.45) is 4.99 Å². The van der Waals surface area contributed by atoms with E-state index in [9.17, 15) is 0 Å². The standard InChI is InChI=1S/C54H46N4/c1-4-16-39(17-5-1)47-36-48(56-54(55-47)41-18-6-2-7-19-41)40-30-28-37(29-31-40)38-32-34-43(35-33-38)57-49-25-13-10-22-44(49)52-45-23-11-14-26-50(45)58(42-20-8-3-9-21-42)53(52)46-24-12-15-27-51(46)57/h1-2,4-7,10,12-20,22,24-28,30,32-36,48H,3,8-9,11,21,23,29,31H2,(H,55,56). The molecular formula is C54H46N4. The van der Waals surface area contributed by atoms with Crippen LogP contribution in [-0.4, -0.2) is 16.4 Å². The molecule has 282 valence electrons. The van der Waals surface area contributed by atoms with E-state index in [1.54, 1.807) is 0 Å². The minimum Gasteiger partial charge on any atom is -0.340 e. The topological polar surface area (TPSA) is 32.6 Å². The van der Waals surface area contributed by atoms with Crippen LogP contribution >= 0.6 is 0 Å². The fourth-order valence-corrected chi connectivity index (χ4v) is 9.73. The van der Waals surface area contributed by atoms with Crippen LogP contribution in [0.3, 0.4) is 0 Å². The van der Waals surface area contributed by atoms with E-state index in [1.165, 1.54) is 91.5 Å². The van der Waals surface area contributed by atoms with Gasteiger partial charge in [0.25, 0.3) is 0 Å². The molecule has 11 rings (SSSR count). The molecule has 1 N–H and O–H groups in total. The highest BCUT2D eigenvalue weighted by Gasteiger charge is 2.34. The summed E-state index contributed by atoms with van der Waals surface area (Å²) in [4.78, 5) is 7.74. The molecule has 0 spiro atoms. The lowest BCUT2D eigenvalue weighted by molar-refractivity contribution is 0.717. The van der Waals surface area contributed by atoms with Gasteiger partial charge in [0.2, 0.25) is 0 Å². The Hall–Kier alpha value is -6.65. The summed E-state index contributed by atoms with van der Waals surface area (Å²) in [6.07, 6.45) is 23.1. The van der Waals surface area contributed by atoms with Crippen molar-refractivity contribution in [2.75, 3.05) is 4.90 Å². The molecule has 0 saturated carbocycles. The number of hydrogen-bond acceptors (Lipinski definition) is 3. The van der Waals surface area contributed by atoms with Crippen LogP contribution in [0.4, 0.5) is 17.1 Å². The Kier molecular flexibility index (Phi) is 8.76. The number of hydrogen-bond donors (Lipinski definition) is 1. The number of fused-ring (bicyclic) bond motifs is 7. The maximum Gasteiger partial charge on any atom is 0.133 e. The Balaban J connectivity index is 0.958. The molecule has 3 heterocycles. The molecule has 3 aliphatic carbocycles. The third-order valence-electron chi connectivity index (χ3n) is 12.6. The Morgan fingerprint density at radius 2 is 1.33 bits per heavy atom. The van der Waals surface area contributed by atoms with Crippen LogP contribution in [0.2, 0.25) is 0 Å². The number of amidine groups is 1. The molecule has 1 unspecified atom stereocenters. The highest BCUT2D eigenvalue weighted by molar-refractivity contribution is 6.06. The third-order valence-corrected chi connectivity index (χ3v) is 12.6. The zero-order valence-corrected chi connectivity index (χ0v) is 32.7. The van der Waals surface area contributed by atoms with Gasteiger partial charge in [0.15, 0.2) is 0 Å². The summed E-state index contributed by atoms with van der Waals surface area (Å²) >= 11 is 0. The van der Waals surface area contributed by atoms with Crippen molar-refractivity contribution >= 4 is 45.9 Å². The molecule has 4 nitrogen and oxygen atoms in total.